The number of hydrogen-bond acceptors (Lipinski definition) is 4. The lowest BCUT2D eigenvalue weighted by Crippen LogP contribution is -2.58. The van der Waals surface area contributed by atoms with E-state index < -0.39 is 29.6 Å². The molecule has 7 nitrogen and oxygen atoms in total. The summed E-state index contributed by atoms with van der Waals surface area (Å²) in [7, 11) is 0. The first-order valence-corrected chi connectivity index (χ1v) is 16.1. The van der Waals surface area contributed by atoms with E-state index >= 15 is 0 Å². The van der Waals surface area contributed by atoms with Crippen molar-refractivity contribution in [3.05, 3.63) is 76.8 Å². The second-order valence-corrected chi connectivity index (χ2v) is 13.6. The highest BCUT2D eigenvalue weighted by molar-refractivity contribution is 6.31. The van der Waals surface area contributed by atoms with Crippen LogP contribution in [-0.2, 0) is 25.5 Å². The van der Waals surface area contributed by atoms with E-state index in [0.29, 0.717) is 41.4 Å². The van der Waals surface area contributed by atoms with E-state index in [1.54, 1.807) is 4.90 Å². The molecule has 0 unspecified atom stereocenters. The molecule has 3 aliphatic heterocycles. The van der Waals surface area contributed by atoms with E-state index in [1.807, 2.05) is 60.7 Å². The zero-order valence-corrected chi connectivity index (χ0v) is 26.1. The molecule has 3 fully saturated rings. The van der Waals surface area contributed by atoms with Crippen LogP contribution in [-0.4, -0.2) is 53.0 Å². The Bertz CT molecular complexity index is 1420. The monoisotopic (exact) mass is 603 g/mol. The Balaban J connectivity index is 1.29. The van der Waals surface area contributed by atoms with Gasteiger partial charge in [0.2, 0.25) is 17.7 Å². The number of likely N-dealkylation sites (tertiary alicyclic amines) is 1. The molecule has 1 spiro atoms. The van der Waals surface area contributed by atoms with E-state index in [0.717, 1.165) is 24.8 Å². The molecule has 1 saturated carbocycles. The van der Waals surface area contributed by atoms with E-state index in [1.165, 1.54) is 5.56 Å². The maximum atomic E-state index is 14.3. The van der Waals surface area contributed by atoms with Gasteiger partial charge in [0.05, 0.1) is 17.9 Å². The van der Waals surface area contributed by atoms with Crippen LogP contribution in [0.4, 0.5) is 5.69 Å². The van der Waals surface area contributed by atoms with Gasteiger partial charge in [-0.3, -0.25) is 14.4 Å². The zero-order chi connectivity index (χ0) is 30.5. The summed E-state index contributed by atoms with van der Waals surface area (Å²) in [6.45, 7) is 8.96. The van der Waals surface area contributed by atoms with Crippen LogP contribution >= 0.6 is 11.6 Å². The highest BCUT2D eigenvalue weighted by atomic mass is 35.5. The third-order valence-corrected chi connectivity index (χ3v) is 10.8. The Kier molecular flexibility index (Phi) is 8.16. The number of ether oxygens (including phenoxy) is 1. The van der Waals surface area contributed by atoms with Gasteiger partial charge in [-0.1, -0.05) is 94.6 Å². The third kappa shape index (κ3) is 5.29. The Hall–Kier alpha value is -3.16. The summed E-state index contributed by atoms with van der Waals surface area (Å²) in [4.78, 5) is 44.0. The summed E-state index contributed by atoms with van der Waals surface area (Å²) in [6.07, 6.45) is 6.76. The van der Waals surface area contributed by atoms with Gasteiger partial charge in [-0.2, -0.15) is 0 Å². The van der Waals surface area contributed by atoms with Gasteiger partial charge in [-0.15, -0.1) is 0 Å². The molecule has 2 saturated heterocycles. The quantitative estimate of drug-likeness (QED) is 0.377. The van der Waals surface area contributed by atoms with Crippen molar-refractivity contribution in [3.63, 3.8) is 0 Å². The normalized spacial score (nSPS) is 32.7. The Morgan fingerprint density at radius 3 is 2.53 bits per heavy atom. The summed E-state index contributed by atoms with van der Waals surface area (Å²) < 4.78 is 6.53. The Morgan fingerprint density at radius 1 is 1.07 bits per heavy atom. The lowest BCUT2D eigenvalue weighted by molar-refractivity contribution is -0.141. The molecule has 2 bridgehead atoms. The van der Waals surface area contributed by atoms with Crippen LogP contribution in [0.15, 0.2) is 60.7 Å². The number of anilines is 1. The van der Waals surface area contributed by atoms with Gasteiger partial charge in [0.25, 0.3) is 0 Å². The van der Waals surface area contributed by atoms with Crippen molar-refractivity contribution in [1.29, 1.82) is 0 Å². The highest BCUT2D eigenvalue weighted by Crippen LogP contribution is 2.55. The van der Waals surface area contributed by atoms with Gasteiger partial charge in [0.15, 0.2) is 0 Å². The molecule has 0 aromatic heterocycles. The molecule has 8 heteroatoms. The van der Waals surface area contributed by atoms with Gasteiger partial charge in [0.1, 0.15) is 11.6 Å². The summed E-state index contributed by atoms with van der Waals surface area (Å²) in [5.41, 5.74) is 1.56. The number of rotatable bonds is 8. The fourth-order valence-electron chi connectivity index (χ4n) is 7.67. The molecule has 4 aliphatic rings. The summed E-state index contributed by atoms with van der Waals surface area (Å²) >= 11 is 6.46. The molecule has 43 heavy (non-hydrogen) atoms. The Morgan fingerprint density at radius 2 is 1.81 bits per heavy atom. The number of hydrogen-bond donors (Lipinski definition) is 2. The number of fused-ring (bicyclic) bond motifs is 1. The second kappa shape index (κ2) is 11.7. The molecule has 0 radical (unpaired) electrons. The van der Waals surface area contributed by atoms with Crippen LogP contribution in [0.1, 0.15) is 64.0 Å². The lowest BCUT2D eigenvalue weighted by atomic mass is 9.73. The number of halogens is 1. The lowest BCUT2D eigenvalue weighted by Gasteiger charge is -2.38. The molecule has 3 heterocycles. The number of carbonyl (C=O) groups excluding carboxylic acids is 3. The predicted molar refractivity (Wildman–Crippen MR) is 168 cm³/mol. The van der Waals surface area contributed by atoms with Gasteiger partial charge < -0.3 is 20.3 Å². The maximum Gasteiger partial charge on any atom is 0.246 e. The van der Waals surface area contributed by atoms with Gasteiger partial charge >= 0.3 is 0 Å². The van der Waals surface area contributed by atoms with Crippen LogP contribution < -0.4 is 10.6 Å². The minimum absolute atomic E-state index is 0.0303. The molecule has 2 N–H and O–H groups in total. The summed E-state index contributed by atoms with van der Waals surface area (Å²) in [6, 6.07) is 14.5. The fourth-order valence-corrected chi connectivity index (χ4v) is 7.90. The largest absolute Gasteiger partial charge is 0.359 e. The van der Waals surface area contributed by atoms with Crippen molar-refractivity contribution in [2.75, 3.05) is 11.9 Å². The van der Waals surface area contributed by atoms with E-state index in [-0.39, 0.29) is 23.8 Å². The topological polar surface area (TPSA) is 87.7 Å². The van der Waals surface area contributed by atoms with Gasteiger partial charge in [-0.25, -0.2) is 0 Å². The summed E-state index contributed by atoms with van der Waals surface area (Å²) in [5, 5.41) is 6.96. The molecular weight excluding hydrogens is 562 g/mol. The molecule has 2 aromatic carbocycles. The van der Waals surface area contributed by atoms with Crippen molar-refractivity contribution in [1.82, 2.24) is 10.2 Å². The first kappa shape index (κ1) is 29.9. The SMILES string of the molecule is CC(C)c1ccc(NC(=O)[C@H]2[C@H]3C=C[C@@]4(O3)[C@H]2C(=O)N(CCc2ccccc2Cl)[C@@H]4C(=O)N[C@@H]2CCC[C@H](C)[C@@H]2C)cc1. The fraction of sp³-hybridized carbons (Fsp3) is 0.514. The smallest absolute Gasteiger partial charge is 0.246 e. The summed E-state index contributed by atoms with van der Waals surface area (Å²) in [5.74, 6) is -1.02. The number of carbonyl (C=O) groups is 3. The Labute approximate surface area is 259 Å². The average molecular weight is 604 g/mol. The first-order valence-electron chi connectivity index (χ1n) is 15.7. The molecule has 1 aliphatic carbocycles. The molecule has 2 aromatic rings. The zero-order valence-electron chi connectivity index (χ0n) is 25.4. The second-order valence-electron chi connectivity index (χ2n) is 13.2. The molecule has 8 atom stereocenters. The van der Waals surface area contributed by atoms with Crippen LogP contribution in [0.3, 0.4) is 0 Å². The first-order chi connectivity index (χ1) is 20.6. The van der Waals surface area contributed by atoms with E-state index in [9.17, 15) is 14.4 Å². The van der Waals surface area contributed by atoms with Crippen LogP contribution in [0.25, 0.3) is 0 Å². The van der Waals surface area contributed by atoms with Crippen LogP contribution in [0.5, 0.6) is 0 Å². The van der Waals surface area contributed by atoms with Crippen molar-refractivity contribution in [2.45, 2.75) is 83.1 Å². The van der Waals surface area contributed by atoms with Gasteiger partial charge in [0, 0.05) is 23.3 Å². The minimum Gasteiger partial charge on any atom is -0.359 e. The van der Waals surface area contributed by atoms with E-state index in [2.05, 4.69) is 38.3 Å². The highest BCUT2D eigenvalue weighted by Gasteiger charge is 2.72. The maximum absolute atomic E-state index is 14.3. The predicted octanol–water partition coefficient (Wildman–Crippen LogP) is 5.74. The van der Waals surface area contributed by atoms with Crippen molar-refractivity contribution >= 4 is 35.0 Å². The molecular formula is C35H42ClN3O4. The van der Waals surface area contributed by atoms with Crippen molar-refractivity contribution in [3.8, 4) is 0 Å². The van der Waals surface area contributed by atoms with Crippen molar-refractivity contribution in [2.24, 2.45) is 23.7 Å². The van der Waals surface area contributed by atoms with E-state index in [4.69, 9.17) is 16.3 Å². The third-order valence-electron chi connectivity index (χ3n) is 10.4. The molecule has 6 rings (SSSR count). The minimum atomic E-state index is -1.20. The van der Waals surface area contributed by atoms with Crippen LogP contribution in [0.2, 0.25) is 5.02 Å². The number of benzene rings is 2. The average Bonchev–Trinajstić information content (AvgIpc) is 3.62. The van der Waals surface area contributed by atoms with Crippen molar-refractivity contribution < 1.29 is 19.1 Å². The standard InChI is InChI=1S/C35H42ClN3O4/c1-20(2)23-12-14-25(15-13-23)37-32(40)29-28-16-18-35(43-28)30(29)34(42)39(19-17-24-9-5-6-10-26(24)36)31(35)33(41)38-27-11-7-8-21(3)22(27)4/h5-6,9-10,12-16,18,20-22,27-31H,7-8,11,17,19H2,1-4H3,(H,37,40)(H,38,41)/t21-,22-,27+,28+,29-,30+,31+,35+/m0/s1. The van der Waals surface area contributed by atoms with Crippen LogP contribution in [0, 0.1) is 23.7 Å². The number of nitrogens with one attached hydrogen (secondary N) is 2. The molecule has 228 valence electrons. The molecule has 3 amide bonds. The van der Waals surface area contributed by atoms with Gasteiger partial charge in [-0.05, 0) is 59.9 Å². The number of nitrogens with zero attached hydrogens (tertiary/aromatic N) is 1. The number of amides is 3.